The lowest BCUT2D eigenvalue weighted by atomic mass is 9.89. The molecule has 0 aliphatic rings. The molecule has 2 unspecified atom stereocenters. The molecule has 5 heteroatoms. The fourth-order valence-corrected chi connectivity index (χ4v) is 2.93. The zero-order chi connectivity index (χ0) is 17.0. The van der Waals surface area contributed by atoms with Gasteiger partial charge in [0.15, 0.2) is 0 Å². The summed E-state index contributed by atoms with van der Waals surface area (Å²) in [6.45, 7) is 10.2. The highest BCUT2D eigenvalue weighted by Gasteiger charge is 2.26. The van der Waals surface area contributed by atoms with Gasteiger partial charge >= 0.3 is 5.97 Å². The highest BCUT2D eigenvalue weighted by atomic mass is 16.5. The molecule has 0 aliphatic carbocycles. The second-order valence-electron chi connectivity index (χ2n) is 6.12. The van der Waals surface area contributed by atoms with Gasteiger partial charge in [0.2, 0.25) is 0 Å². The minimum absolute atomic E-state index is 0.0872. The van der Waals surface area contributed by atoms with E-state index in [4.69, 9.17) is 20.3 Å². The van der Waals surface area contributed by atoms with Crippen molar-refractivity contribution in [3.63, 3.8) is 0 Å². The number of hydrogen-bond acceptors (Lipinski definition) is 4. The highest BCUT2D eigenvalue weighted by Crippen LogP contribution is 2.26. The van der Waals surface area contributed by atoms with Gasteiger partial charge in [0.25, 0.3) is 0 Å². The summed E-state index contributed by atoms with van der Waals surface area (Å²) >= 11 is 0. The molecule has 0 aromatic carbocycles. The third-order valence-corrected chi connectivity index (χ3v) is 4.72. The van der Waals surface area contributed by atoms with Crippen LogP contribution in [0.15, 0.2) is 0 Å². The summed E-state index contributed by atoms with van der Waals surface area (Å²) in [7, 11) is 0. The van der Waals surface area contributed by atoms with E-state index in [9.17, 15) is 4.79 Å². The lowest BCUT2D eigenvalue weighted by Crippen LogP contribution is -2.35. The molecule has 5 nitrogen and oxygen atoms in total. The van der Waals surface area contributed by atoms with Crippen LogP contribution in [0, 0.1) is 11.8 Å². The molecule has 0 bridgehead atoms. The Kier molecular flexibility index (Phi) is 11.5. The van der Waals surface area contributed by atoms with Gasteiger partial charge in [-0.05, 0) is 44.1 Å². The van der Waals surface area contributed by atoms with E-state index in [-0.39, 0.29) is 12.2 Å². The zero-order valence-corrected chi connectivity index (χ0v) is 14.8. The summed E-state index contributed by atoms with van der Waals surface area (Å²) in [6, 6.07) is 0. The minimum Gasteiger partial charge on any atom is -0.480 e. The van der Waals surface area contributed by atoms with Crippen molar-refractivity contribution in [2.45, 2.75) is 65.4 Å². The van der Waals surface area contributed by atoms with E-state index in [0.717, 1.165) is 38.7 Å². The first kappa shape index (κ1) is 21.4. The monoisotopic (exact) mass is 317 g/mol. The van der Waals surface area contributed by atoms with Crippen LogP contribution in [-0.4, -0.2) is 43.0 Å². The summed E-state index contributed by atoms with van der Waals surface area (Å²) < 4.78 is 11.4. The maximum atomic E-state index is 10.5. The highest BCUT2D eigenvalue weighted by molar-refractivity contribution is 5.67. The van der Waals surface area contributed by atoms with Crippen molar-refractivity contribution in [1.29, 1.82) is 0 Å². The van der Waals surface area contributed by atoms with Crippen LogP contribution in [0.4, 0.5) is 0 Å². The maximum Gasteiger partial charge on any atom is 0.329 e. The predicted octanol–water partition coefficient (Wildman–Crippen LogP) is 3.06. The van der Waals surface area contributed by atoms with E-state index in [0.29, 0.717) is 25.0 Å². The van der Waals surface area contributed by atoms with E-state index in [2.05, 4.69) is 27.7 Å². The van der Waals surface area contributed by atoms with Crippen molar-refractivity contribution >= 4 is 5.97 Å². The van der Waals surface area contributed by atoms with Crippen LogP contribution >= 0.6 is 0 Å². The SMILES string of the molecule is CCC(CCOC(CC)(CC)CCN)C(C)COCC(=O)O. The molecule has 2 atom stereocenters. The summed E-state index contributed by atoms with van der Waals surface area (Å²) in [5, 5.41) is 8.60. The van der Waals surface area contributed by atoms with Gasteiger partial charge in [-0.15, -0.1) is 0 Å². The molecule has 0 aromatic rings. The van der Waals surface area contributed by atoms with E-state index in [1.165, 1.54) is 0 Å². The van der Waals surface area contributed by atoms with Gasteiger partial charge in [0, 0.05) is 6.61 Å². The van der Waals surface area contributed by atoms with Crippen molar-refractivity contribution < 1.29 is 19.4 Å². The van der Waals surface area contributed by atoms with Gasteiger partial charge in [-0.2, -0.15) is 0 Å². The van der Waals surface area contributed by atoms with Gasteiger partial charge in [-0.1, -0.05) is 34.1 Å². The fourth-order valence-electron chi connectivity index (χ4n) is 2.93. The van der Waals surface area contributed by atoms with Crippen molar-refractivity contribution in [2.75, 3.05) is 26.4 Å². The van der Waals surface area contributed by atoms with E-state index < -0.39 is 5.97 Å². The number of rotatable bonds is 14. The topological polar surface area (TPSA) is 81.8 Å². The average Bonchev–Trinajstić information content (AvgIpc) is 2.50. The predicted molar refractivity (Wildman–Crippen MR) is 89.0 cm³/mol. The zero-order valence-electron chi connectivity index (χ0n) is 14.8. The molecule has 0 spiro atoms. The lowest BCUT2D eigenvalue weighted by molar-refractivity contribution is -0.142. The Morgan fingerprint density at radius 2 is 1.91 bits per heavy atom. The third kappa shape index (κ3) is 8.11. The molecule has 132 valence electrons. The molecule has 0 rings (SSSR count). The number of hydrogen-bond donors (Lipinski definition) is 2. The molecular weight excluding hydrogens is 282 g/mol. The molecule has 3 N–H and O–H groups in total. The molecule has 0 radical (unpaired) electrons. The molecule has 0 fully saturated rings. The Morgan fingerprint density at radius 1 is 1.27 bits per heavy atom. The fraction of sp³-hybridized carbons (Fsp3) is 0.941. The number of carbonyl (C=O) groups is 1. The number of carboxylic acids is 1. The Balaban J connectivity index is 4.24. The van der Waals surface area contributed by atoms with E-state index >= 15 is 0 Å². The second kappa shape index (κ2) is 11.9. The Morgan fingerprint density at radius 3 is 2.36 bits per heavy atom. The normalized spacial score (nSPS) is 14.8. The third-order valence-electron chi connectivity index (χ3n) is 4.72. The van der Waals surface area contributed by atoms with Gasteiger partial charge in [0.05, 0.1) is 12.2 Å². The Hall–Kier alpha value is -0.650. The summed E-state index contributed by atoms with van der Waals surface area (Å²) in [5.74, 6) is -0.0979. The standard InChI is InChI=1S/C17H35NO4/c1-5-15(14(4)12-21-13-16(19)20)8-11-22-17(6-2,7-3)9-10-18/h14-15H,5-13,18H2,1-4H3,(H,19,20). The summed E-state index contributed by atoms with van der Waals surface area (Å²) in [5.41, 5.74) is 5.62. The molecule has 0 aliphatic heterocycles. The molecule has 0 aromatic heterocycles. The largest absolute Gasteiger partial charge is 0.480 e. The first-order valence-electron chi connectivity index (χ1n) is 8.58. The number of ether oxygens (including phenoxy) is 2. The van der Waals surface area contributed by atoms with Crippen LogP contribution < -0.4 is 5.73 Å². The number of aliphatic carboxylic acids is 1. The molecule has 22 heavy (non-hydrogen) atoms. The van der Waals surface area contributed by atoms with Crippen LogP contribution in [0.25, 0.3) is 0 Å². The van der Waals surface area contributed by atoms with Gasteiger partial charge < -0.3 is 20.3 Å². The van der Waals surface area contributed by atoms with E-state index in [1.54, 1.807) is 0 Å². The van der Waals surface area contributed by atoms with Crippen molar-refractivity contribution in [3.05, 3.63) is 0 Å². The summed E-state index contributed by atoms with van der Waals surface area (Å²) in [6.07, 6.45) is 4.88. The van der Waals surface area contributed by atoms with Crippen molar-refractivity contribution in [3.8, 4) is 0 Å². The van der Waals surface area contributed by atoms with Crippen LogP contribution in [0.5, 0.6) is 0 Å². The smallest absolute Gasteiger partial charge is 0.329 e. The van der Waals surface area contributed by atoms with Gasteiger partial charge in [0.1, 0.15) is 6.61 Å². The van der Waals surface area contributed by atoms with Crippen LogP contribution in [0.3, 0.4) is 0 Å². The molecular formula is C17H35NO4. The Labute approximate surface area is 135 Å². The number of carboxylic acid groups (broad SMARTS) is 1. The van der Waals surface area contributed by atoms with Gasteiger partial charge in [-0.25, -0.2) is 4.79 Å². The summed E-state index contributed by atoms with van der Waals surface area (Å²) in [4.78, 5) is 10.5. The van der Waals surface area contributed by atoms with Crippen LogP contribution in [-0.2, 0) is 14.3 Å². The minimum atomic E-state index is -0.916. The van der Waals surface area contributed by atoms with Crippen molar-refractivity contribution in [2.24, 2.45) is 17.6 Å². The molecule has 0 saturated carbocycles. The quantitative estimate of drug-likeness (QED) is 0.514. The van der Waals surface area contributed by atoms with Crippen LogP contribution in [0.1, 0.15) is 59.8 Å². The van der Waals surface area contributed by atoms with Gasteiger partial charge in [-0.3, -0.25) is 0 Å². The van der Waals surface area contributed by atoms with Crippen LogP contribution in [0.2, 0.25) is 0 Å². The molecule has 0 saturated heterocycles. The first-order chi connectivity index (χ1) is 10.4. The first-order valence-corrected chi connectivity index (χ1v) is 8.58. The average molecular weight is 317 g/mol. The Bertz CT molecular complexity index is 292. The maximum absolute atomic E-state index is 10.5. The van der Waals surface area contributed by atoms with Crippen molar-refractivity contribution in [1.82, 2.24) is 0 Å². The number of nitrogens with two attached hydrogens (primary N) is 1. The lowest BCUT2D eigenvalue weighted by Gasteiger charge is -2.33. The second-order valence-corrected chi connectivity index (χ2v) is 6.12. The molecule has 0 heterocycles. The molecule has 0 amide bonds. The van der Waals surface area contributed by atoms with E-state index in [1.807, 2.05) is 0 Å².